The Morgan fingerprint density at radius 3 is 2.63 bits per heavy atom. The topological polar surface area (TPSA) is 115 Å². The van der Waals surface area contributed by atoms with Gasteiger partial charge in [-0.2, -0.15) is 0 Å². The van der Waals surface area contributed by atoms with E-state index in [4.69, 9.17) is 4.74 Å². The van der Waals surface area contributed by atoms with Gasteiger partial charge in [-0.1, -0.05) is 12.1 Å². The second-order valence-electron chi connectivity index (χ2n) is 5.73. The number of rotatable bonds is 5. The summed E-state index contributed by atoms with van der Waals surface area (Å²) in [6, 6.07) is 12.6. The van der Waals surface area contributed by atoms with Gasteiger partial charge in [-0.25, -0.2) is 9.78 Å². The van der Waals surface area contributed by atoms with Crippen molar-refractivity contribution in [1.29, 1.82) is 0 Å². The van der Waals surface area contributed by atoms with Crippen LogP contribution in [0.15, 0.2) is 59.4 Å². The molecule has 1 aromatic heterocycles. The highest BCUT2D eigenvalue weighted by atomic mass is 16.6. The molecule has 0 spiro atoms. The number of para-hydroxylation sites is 1. The highest BCUT2D eigenvalue weighted by Crippen LogP contribution is 2.16. The van der Waals surface area contributed by atoms with Crippen molar-refractivity contribution < 1.29 is 14.5 Å². The number of aromatic amines is 1. The molecule has 0 aliphatic rings. The van der Waals surface area contributed by atoms with Crippen LogP contribution in [-0.2, 0) is 9.53 Å². The molecular formula is C19H15N3O5. The standard InChI is InChI=1S/C19H15N3O5/c1-12(18-20-16-5-3-2-4-15(16)19(24)21-18)27-17(23)11-8-13-6-9-14(10-7-13)22(25)26/h2-12H,1H3,(H,20,21,24)/b11-8+/t12-/m0/s1. The minimum atomic E-state index is -0.753. The molecule has 1 atom stereocenters. The van der Waals surface area contributed by atoms with E-state index in [9.17, 15) is 19.7 Å². The molecule has 8 heteroatoms. The van der Waals surface area contributed by atoms with Gasteiger partial charge in [0.25, 0.3) is 11.2 Å². The number of esters is 1. The second kappa shape index (κ2) is 7.61. The van der Waals surface area contributed by atoms with E-state index in [0.29, 0.717) is 16.5 Å². The van der Waals surface area contributed by atoms with E-state index in [1.165, 1.54) is 36.4 Å². The van der Waals surface area contributed by atoms with Gasteiger partial charge in [-0.15, -0.1) is 0 Å². The molecule has 136 valence electrons. The SMILES string of the molecule is C[C@H](OC(=O)/C=C/c1ccc([N+](=O)[O-])cc1)c1nc2ccccc2c(=O)[nH]1. The third-order valence-corrected chi connectivity index (χ3v) is 3.82. The first kappa shape index (κ1) is 18.0. The zero-order valence-electron chi connectivity index (χ0n) is 14.3. The summed E-state index contributed by atoms with van der Waals surface area (Å²) in [5.41, 5.74) is 0.789. The van der Waals surface area contributed by atoms with Gasteiger partial charge in [-0.05, 0) is 42.8 Å². The summed E-state index contributed by atoms with van der Waals surface area (Å²) in [6.45, 7) is 1.60. The summed E-state index contributed by atoms with van der Waals surface area (Å²) < 4.78 is 5.26. The number of aromatic nitrogens is 2. The highest BCUT2D eigenvalue weighted by Gasteiger charge is 2.14. The zero-order chi connectivity index (χ0) is 19.4. The number of nitrogens with zero attached hydrogens (tertiary/aromatic N) is 2. The lowest BCUT2D eigenvalue weighted by Crippen LogP contribution is -2.16. The molecule has 0 radical (unpaired) electrons. The molecule has 0 aliphatic heterocycles. The predicted octanol–water partition coefficient (Wildman–Crippen LogP) is 3.15. The number of carbonyl (C=O) groups excluding carboxylic acids is 1. The van der Waals surface area contributed by atoms with Gasteiger partial charge in [0.1, 0.15) is 0 Å². The molecule has 1 N–H and O–H groups in total. The van der Waals surface area contributed by atoms with Crippen LogP contribution in [0.3, 0.4) is 0 Å². The Morgan fingerprint density at radius 1 is 1.22 bits per heavy atom. The summed E-state index contributed by atoms with van der Waals surface area (Å²) in [5.74, 6) is -0.382. The highest BCUT2D eigenvalue weighted by molar-refractivity contribution is 5.87. The van der Waals surface area contributed by atoms with E-state index in [-0.39, 0.29) is 17.1 Å². The summed E-state index contributed by atoms with van der Waals surface area (Å²) in [4.78, 5) is 41.1. The number of carbonyl (C=O) groups is 1. The van der Waals surface area contributed by atoms with E-state index in [1.54, 1.807) is 31.2 Å². The minimum absolute atomic E-state index is 0.0327. The van der Waals surface area contributed by atoms with Crippen molar-refractivity contribution in [2.45, 2.75) is 13.0 Å². The molecule has 27 heavy (non-hydrogen) atoms. The van der Waals surface area contributed by atoms with Crippen LogP contribution in [0.5, 0.6) is 0 Å². The summed E-state index contributed by atoms with van der Waals surface area (Å²) in [6.07, 6.45) is 1.93. The minimum Gasteiger partial charge on any atom is -0.451 e. The maximum atomic E-state index is 12.1. The van der Waals surface area contributed by atoms with Crippen molar-refractivity contribution in [3.8, 4) is 0 Å². The van der Waals surface area contributed by atoms with Gasteiger partial charge in [0.05, 0.1) is 15.8 Å². The monoisotopic (exact) mass is 365 g/mol. The van der Waals surface area contributed by atoms with E-state index in [0.717, 1.165) is 0 Å². The Balaban J connectivity index is 1.70. The largest absolute Gasteiger partial charge is 0.451 e. The lowest BCUT2D eigenvalue weighted by Gasteiger charge is -2.11. The number of ether oxygens (including phenoxy) is 1. The number of benzene rings is 2. The summed E-state index contributed by atoms with van der Waals surface area (Å²) >= 11 is 0. The summed E-state index contributed by atoms with van der Waals surface area (Å²) in [7, 11) is 0. The fourth-order valence-corrected chi connectivity index (χ4v) is 2.44. The van der Waals surface area contributed by atoms with Gasteiger partial charge < -0.3 is 9.72 Å². The predicted molar refractivity (Wildman–Crippen MR) is 99.0 cm³/mol. The van der Waals surface area contributed by atoms with E-state index in [1.807, 2.05) is 0 Å². The molecule has 0 fully saturated rings. The quantitative estimate of drug-likeness (QED) is 0.321. The van der Waals surface area contributed by atoms with Crippen LogP contribution in [-0.4, -0.2) is 20.9 Å². The Hall–Kier alpha value is -3.81. The number of hydrogen-bond donors (Lipinski definition) is 1. The number of H-pyrrole nitrogens is 1. The fourth-order valence-electron chi connectivity index (χ4n) is 2.44. The molecule has 2 aromatic carbocycles. The van der Waals surface area contributed by atoms with Crippen molar-refractivity contribution in [2.75, 3.05) is 0 Å². The molecule has 0 unspecified atom stereocenters. The molecule has 0 amide bonds. The maximum Gasteiger partial charge on any atom is 0.331 e. The van der Waals surface area contributed by atoms with E-state index >= 15 is 0 Å². The molecule has 3 aromatic rings. The first-order valence-corrected chi connectivity index (χ1v) is 8.06. The van der Waals surface area contributed by atoms with Crippen LogP contribution in [0.2, 0.25) is 0 Å². The van der Waals surface area contributed by atoms with Crippen LogP contribution in [0.25, 0.3) is 17.0 Å². The lowest BCUT2D eigenvalue weighted by molar-refractivity contribution is -0.384. The molecule has 0 saturated carbocycles. The molecule has 0 saturated heterocycles. The van der Waals surface area contributed by atoms with Crippen LogP contribution in [0, 0.1) is 10.1 Å². The molecule has 1 heterocycles. The maximum absolute atomic E-state index is 12.1. The molecule has 0 bridgehead atoms. The number of nitrogens with one attached hydrogen (secondary N) is 1. The number of non-ortho nitro benzene ring substituents is 1. The van der Waals surface area contributed by atoms with Crippen LogP contribution >= 0.6 is 0 Å². The molecular weight excluding hydrogens is 350 g/mol. The number of nitro groups is 1. The molecule has 8 nitrogen and oxygen atoms in total. The van der Waals surface area contributed by atoms with Crippen LogP contribution < -0.4 is 5.56 Å². The van der Waals surface area contributed by atoms with Crippen molar-refractivity contribution in [2.24, 2.45) is 0 Å². The van der Waals surface area contributed by atoms with Gasteiger partial charge in [-0.3, -0.25) is 14.9 Å². The normalized spacial score (nSPS) is 12.2. The average molecular weight is 365 g/mol. The van der Waals surface area contributed by atoms with Gasteiger partial charge in [0.2, 0.25) is 0 Å². The average Bonchev–Trinajstić information content (AvgIpc) is 2.66. The Morgan fingerprint density at radius 2 is 1.93 bits per heavy atom. The number of fused-ring (bicyclic) bond motifs is 1. The van der Waals surface area contributed by atoms with Crippen LogP contribution in [0.1, 0.15) is 24.4 Å². The Kier molecular flexibility index (Phi) is 5.07. The Bertz CT molecular complexity index is 1090. The third-order valence-electron chi connectivity index (χ3n) is 3.82. The first-order chi connectivity index (χ1) is 12.9. The molecule has 0 aliphatic carbocycles. The zero-order valence-corrected chi connectivity index (χ0v) is 14.3. The second-order valence-corrected chi connectivity index (χ2v) is 5.73. The lowest BCUT2D eigenvalue weighted by atomic mass is 10.2. The molecule has 3 rings (SSSR count). The van der Waals surface area contributed by atoms with E-state index < -0.39 is 17.0 Å². The number of nitro benzene ring substituents is 1. The van der Waals surface area contributed by atoms with Gasteiger partial charge in [0, 0.05) is 18.2 Å². The fraction of sp³-hybridized carbons (Fsp3) is 0.105. The van der Waals surface area contributed by atoms with Crippen molar-refractivity contribution in [3.63, 3.8) is 0 Å². The smallest absolute Gasteiger partial charge is 0.331 e. The van der Waals surface area contributed by atoms with Crippen LogP contribution in [0.4, 0.5) is 5.69 Å². The van der Waals surface area contributed by atoms with Gasteiger partial charge in [0.15, 0.2) is 11.9 Å². The Labute approximate surface area is 153 Å². The van der Waals surface area contributed by atoms with Crippen molar-refractivity contribution in [1.82, 2.24) is 9.97 Å². The van der Waals surface area contributed by atoms with E-state index in [2.05, 4.69) is 9.97 Å². The van der Waals surface area contributed by atoms with Crippen molar-refractivity contribution >= 4 is 28.6 Å². The van der Waals surface area contributed by atoms with Gasteiger partial charge >= 0.3 is 5.97 Å². The van der Waals surface area contributed by atoms with Crippen molar-refractivity contribution in [3.05, 3.63) is 86.5 Å². The summed E-state index contributed by atoms with van der Waals surface area (Å²) in [5, 5.41) is 11.1. The number of hydrogen-bond acceptors (Lipinski definition) is 6. The third kappa shape index (κ3) is 4.24. The first-order valence-electron chi connectivity index (χ1n) is 8.06.